The Morgan fingerprint density at radius 2 is 0.523 bits per heavy atom. The molecule has 2 nitrogen and oxygen atoms in total. The number of nitrogens with one attached hydrogen (secondary N) is 1. The lowest BCUT2D eigenvalue weighted by molar-refractivity contribution is 0.660. The summed E-state index contributed by atoms with van der Waals surface area (Å²) >= 11 is 3.42. The first kappa shape index (κ1) is 66.5. The van der Waals surface area contributed by atoms with Gasteiger partial charge in [0, 0.05) is 43.7 Å². The maximum absolute atomic E-state index is 3.78. The molecule has 3 heteroatoms. The monoisotopic (exact) mass is 1430 g/mol. The van der Waals surface area contributed by atoms with Crippen LogP contribution >= 0.6 is 15.9 Å². The number of fused-ring (bicyclic) bond motifs is 12. The van der Waals surface area contributed by atoms with E-state index in [0.29, 0.717) is 0 Å². The molecule has 4 aliphatic carbocycles. The molecule has 107 heavy (non-hydrogen) atoms. The minimum Gasteiger partial charge on any atom is -0.356 e. The zero-order valence-corrected chi connectivity index (χ0v) is 62.0. The number of nitrogens with zero attached hydrogens (tertiary/aromatic N) is 1. The summed E-state index contributed by atoms with van der Waals surface area (Å²) in [4.78, 5) is 2.45. The summed E-state index contributed by atoms with van der Waals surface area (Å²) in [6.07, 6.45) is 0. The number of benzene rings is 16. The van der Waals surface area contributed by atoms with Gasteiger partial charge in [-0.25, -0.2) is 0 Å². The summed E-state index contributed by atoms with van der Waals surface area (Å²) in [5.41, 5.74) is 36.0. The number of rotatable bonds is 11. The smallest absolute Gasteiger partial charge is 0.0714 e. The topological polar surface area (TPSA) is 15.3 Å². The molecule has 0 spiro atoms. The van der Waals surface area contributed by atoms with Crippen LogP contribution in [0.5, 0.6) is 0 Å². The highest BCUT2D eigenvalue weighted by Gasteiger charge is 2.48. The van der Waals surface area contributed by atoms with E-state index in [1.807, 2.05) is 6.07 Å². The molecule has 0 aromatic heterocycles. The maximum Gasteiger partial charge on any atom is 0.0714 e. The first-order valence-corrected chi connectivity index (χ1v) is 38.0. The molecule has 0 aliphatic heterocycles. The third-order valence-electron chi connectivity index (χ3n) is 23.0. The highest BCUT2D eigenvalue weighted by molar-refractivity contribution is 9.10. The average molecular weight is 1440 g/mol. The van der Waals surface area contributed by atoms with Gasteiger partial charge in [-0.3, -0.25) is 0 Å². The molecule has 0 atom stereocenters. The quantitative estimate of drug-likeness (QED) is 0.139. The van der Waals surface area contributed by atoms with Crippen LogP contribution in [0.3, 0.4) is 0 Å². The van der Waals surface area contributed by atoms with E-state index in [1.54, 1.807) is 0 Å². The minimum atomic E-state index is -0.477. The molecule has 20 rings (SSSR count). The van der Waals surface area contributed by atoms with E-state index in [9.17, 15) is 0 Å². The van der Waals surface area contributed by atoms with Crippen molar-refractivity contribution < 1.29 is 0 Å². The first-order valence-electron chi connectivity index (χ1n) is 37.2. The number of hydrogen-bond acceptors (Lipinski definition) is 2. The summed E-state index contributed by atoms with van der Waals surface area (Å²) in [5, 5.41) is 3.78. The van der Waals surface area contributed by atoms with Crippen molar-refractivity contribution in [2.45, 2.75) is 49.4 Å². The number of hydrogen-bond donors (Lipinski definition) is 1. The van der Waals surface area contributed by atoms with Crippen molar-refractivity contribution in [2.24, 2.45) is 0 Å². The fourth-order valence-electron chi connectivity index (χ4n) is 18.1. The second kappa shape index (κ2) is 27.3. The zero-order chi connectivity index (χ0) is 72.3. The summed E-state index contributed by atoms with van der Waals surface area (Å²) in [7, 11) is 0. The highest BCUT2D eigenvalue weighted by Crippen LogP contribution is 2.59. The van der Waals surface area contributed by atoms with Crippen molar-refractivity contribution in [1.82, 2.24) is 0 Å². The van der Waals surface area contributed by atoms with Crippen LogP contribution in [0, 0.1) is 0 Å². The van der Waals surface area contributed by atoms with E-state index in [0.717, 1.165) is 32.9 Å². The van der Waals surface area contributed by atoms with E-state index in [2.05, 4.69) is 448 Å². The van der Waals surface area contributed by atoms with Crippen molar-refractivity contribution in [1.29, 1.82) is 0 Å². The fraction of sp³-hybridized carbons (Fsp3) is 0.0769. The van der Waals surface area contributed by atoms with E-state index in [4.69, 9.17) is 0 Å². The normalized spacial score (nSPS) is 14.0. The molecule has 16 aromatic rings. The summed E-state index contributed by atoms with van der Waals surface area (Å²) in [5.74, 6) is 0. The van der Waals surface area contributed by atoms with Gasteiger partial charge >= 0.3 is 0 Å². The Bertz CT molecular complexity index is 5890. The third kappa shape index (κ3) is 11.3. The molecule has 0 bridgehead atoms. The van der Waals surface area contributed by atoms with Crippen LogP contribution < -0.4 is 10.2 Å². The lowest BCUT2D eigenvalue weighted by Gasteiger charge is -2.35. The molecule has 0 saturated carbocycles. The lowest BCUT2D eigenvalue weighted by Crippen LogP contribution is -2.28. The highest BCUT2D eigenvalue weighted by atomic mass is 79.9. The van der Waals surface area contributed by atoms with E-state index < -0.39 is 10.8 Å². The molecule has 0 heterocycles. The SMILES string of the molecule is Brc1ccc(-c2ccccc2)cc1.CC1(C)c2ccccc2-c2ccc(N(c3ccc(-c4ccccc4)cc3)c3cccc(C4(c5ccccc5)c5ccccc5-c5ccccc54)c3)cc21.CC1(C)c2ccccc2-c2ccc(Nc3cccc(C4(c5ccccc5)c5ccccc5-c5ccccc54)c3)cc21. The Hall–Kier alpha value is -12.4. The van der Waals surface area contributed by atoms with Crippen molar-refractivity contribution in [2.75, 3.05) is 10.2 Å². The molecule has 0 saturated heterocycles. The van der Waals surface area contributed by atoms with Crippen LogP contribution in [-0.2, 0) is 21.7 Å². The Morgan fingerprint density at radius 1 is 0.215 bits per heavy atom. The molecule has 0 fully saturated rings. The van der Waals surface area contributed by atoms with Crippen LogP contribution in [-0.4, -0.2) is 0 Å². The number of halogens is 1. The Kier molecular flexibility index (Phi) is 17.0. The average Bonchev–Trinajstić information content (AvgIpc) is 1.57. The predicted molar refractivity (Wildman–Crippen MR) is 452 cm³/mol. The summed E-state index contributed by atoms with van der Waals surface area (Å²) in [6, 6.07) is 146. The van der Waals surface area contributed by atoms with Gasteiger partial charge in [-0.1, -0.05) is 371 Å². The molecule has 0 radical (unpaired) electrons. The molecule has 4 aliphatic rings. The second-order valence-electron chi connectivity index (χ2n) is 29.6. The molecule has 1 N–H and O–H groups in total. The molecule has 512 valence electrons. The summed E-state index contributed by atoms with van der Waals surface area (Å²) < 4.78 is 1.12. The first-order chi connectivity index (χ1) is 52.5. The molecular weight excluding hydrogens is 1360 g/mol. The van der Waals surface area contributed by atoms with Crippen LogP contribution in [0.4, 0.5) is 28.4 Å². The van der Waals surface area contributed by atoms with Crippen molar-refractivity contribution in [3.63, 3.8) is 0 Å². The third-order valence-corrected chi connectivity index (χ3v) is 23.6. The van der Waals surface area contributed by atoms with Gasteiger partial charge in [0.1, 0.15) is 0 Å². The van der Waals surface area contributed by atoms with Crippen LogP contribution in [0.25, 0.3) is 66.8 Å². The van der Waals surface area contributed by atoms with Gasteiger partial charge < -0.3 is 10.2 Å². The van der Waals surface area contributed by atoms with Crippen LogP contribution in [0.15, 0.2) is 405 Å². The Morgan fingerprint density at radius 3 is 0.981 bits per heavy atom. The van der Waals surface area contributed by atoms with E-state index >= 15 is 0 Å². The maximum atomic E-state index is 3.78. The van der Waals surface area contributed by atoms with Gasteiger partial charge in [0.05, 0.1) is 10.8 Å². The second-order valence-corrected chi connectivity index (χ2v) is 30.5. The zero-order valence-electron chi connectivity index (χ0n) is 60.4. The van der Waals surface area contributed by atoms with Gasteiger partial charge in [-0.15, -0.1) is 0 Å². The van der Waals surface area contributed by atoms with Crippen molar-refractivity contribution in [3.05, 3.63) is 472 Å². The largest absolute Gasteiger partial charge is 0.356 e. The standard InChI is InChI=1S/C52H39N.C40H31N.C12H9Br/c1-51(2)47-25-12-9-22-43(47)46-33-32-42(35-50(46)51)53(40-30-28-37(29-31-40)36-16-5-3-6-17-36)41-21-15-20-39(34-41)52(38-18-7-4-8-19-38)48-26-13-10-23-44(48)45-24-11-14-27-49(45)52;1-39(2)35-20-9-6-17-31(35)34-24-23-30(26-38(34)39)41-29-16-12-15-28(25-29)40(27-13-4-3-5-14-27)36-21-10-7-18-32(36)33-19-8-11-22-37(33)40;13-12-8-6-11(7-9-12)10-4-2-1-3-5-10/h3-35H,1-2H3;3-26,41H,1-2H3;1-9H. The van der Waals surface area contributed by atoms with Gasteiger partial charge in [-0.2, -0.15) is 0 Å². The van der Waals surface area contributed by atoms with Crippen molar-refractivity contribution in [3.8, 4) is 66.8 Å². The van der Waals surface area contributed by atoms with E-state index in [-0.39, 0.29) is 10.8 Å². The lowest BCUT2D eigenvalue weighted by atomic mass is 9.67. The van der Waals surface area contributed by atoms with Gasteiger partial charge in [0.15, 0.2) is 0 Å². The Balaban J connectivity index is 0.000000132. The number of anilines is 5. The molecule has 16 aromatic carbocycles. The fourth-order valence-corrected chi connectivity index (χ4v) is 18.3. The molecule has 0 amide bonds. The van der Waals surface area contributed by atoms with Gasteiger partial charge in [-0.05, 0) is 206 Å². The van der Waals surface area contributed by atoms with E-state index in [1.165, 1.54) is 134 Å². The van der Waals surface area contributed by atoms with Gasteiger partial charge in [0.2, 0.25) is 0 Å². The predicted octanol–water partition coefficient (Wildman–Crippen LogP) is 27.7. The van der Waals surface area contributed by atoms with Gasteiger partial charge in [0.25, 0.3) is 0 Å². The van der Waals surface area contributed by atoms with Crippen molar-refractivity contribution >= 4 is 44.4 Å². The van der Waals surface area contributed by atoms with Crippen LogP contribution in [0.2, 0.25) is 0 Å². The minimum absolute atomic E-state index is 0.0277. The summed E-state index contributed by atoms with van der Waals surface area (Å²) in [6.45, 7) is 9.39. The molecule has 0 unspecified atom stereocenters. The van der Waals surface area contributed by atoms with Crippen LogP contribution in [0.1, 0.15) is 94.5 Å². The molecular formula is C104H79BrN2. The Labute approximate surface area is 637 Å².